The number of para-hydroxylation sites is 1. The van der Waals surface area contributed by atoms with Gasteiger partial charge in [0.25, 0.3) is 5.69 Å². The third-order valence-corrected chi connectivity index (χ3v) is 5.25. The highest BCUT2D eigenvalue weighted by molar-refractivity contribution is 9.10. The van der Waals surface area contributed by atoms with E-state index in [0.29, 0.717) is 10.6 Å². The van der Waals surface area contributed by atoms with Gasteiger partial charge >= 0.3 is 5.97 Å². The first kappa shape index (κ1) is 19.8. The lowest BCUT2D eigenvalue weighted by molar-refractivity contribution is -0.385. The van der Waals surface area contributed by atoms with Crippen LogP contribution in [-0.2, 0) is 17.8 Å². The SMILES string of the molecule is O=C(O)C(Cc1ccccc1[N+](=O)[O-])=NCc1nc(-c2ccc(Br)cc2)cs1. The van der Waals surface area contributed by atoms with E-state index in [1.54, 1.807) is 12.1 Å². The Kier molecular flexibility index (Phi) is 6.27. The van der Waals surface area contributed by atoms with E-state index in [9.17, 15) is 20.0 Å². The van der Waals surface area contributed by atoms with Crippen molar-refractivity contribution in [2.75, 3.05) is 0 Å². The summed E-state index contributed by atoms with van der Waals surface area (Å²) in [4.78, 5) is 30.8. The van der Waals surface area contributed by atoms with Crippen LogP contribution in [0.1, 0.15) is 10.6 Å². The van der Waals surface area contributed by atoms with Crippen LogP contribution in [0.2, 0.25) is 0 Å². The Hall–Kier alpha value is -2.91. The monoisotopic (exact) mass is 459 g/mol. The van der Waals surface area contributed by atoms with Gasteiger partial charge in [-0.05, 0) is 12.1 Å². The summed E-state index contributed by atoms with van der Waals surface area (Å²) in [7, 11) is 0. The predicted molar refractivity (Wildman–Crippen MR) is 111 cm³/mol. The topological polar surface area (TPSA) is 106 Å². The van der Waals surface area contributed by atoms with Gasteiger partial charge in [-0.15, -0.1) is 11.3 Å². The highest BCUT2D eigenvalue weighted by Gasteiger charge is 2.18. The summed E-state index contributed by atoms with van der Waals surface area (Å²) in [5, 5.41) is 23.1. The number of benzene rings is 2. The number of carboxylic acids is 1. The van der Waals surface area contributed by atoms with Gasteiger partial charge in [0.1, 0.15) is 10.7 Å². The van der Waals surface area contributed by atoms with Gasteiger partial charge in [0, 0.05) is 33.5 Å². The Morgan fingerprint density at radius 3 is 2.61 bits per heavy atom. The molecule has 0 radical (unpaired) electrons. The number of nitrogens with zero attached hydrogens (tertiary/aromatic N) is 3. The molecule has 0 bridgehead atoms. The Bertz CT molecular complexity index is 1050. The molecule has 28 heavy (non-hydrogen) atoms. The molecule has 1 heterocycles. The number of carboxylic acid groups (broad SMARTS) is 1. The molecule has 0 unspecified atom stereocenters. The molecular formula is C19H14BrN3O4S. The van der Waals surface area contributed by atoms with Crippen molar-refractivity contribution in [3.8, 4) is 11.3 Å². The van der Waals surface area contributed by atoms with Gasteiger partial charge in [0.15, 0.2) is 0 Å². The number of nitro groups is 1. The molecule has 0 saturated carbocycles. The van der Waals surface area contributed by atoms with E-state index >= 15 is 0 Å². The highest BCUT2D eigenvalue weighted by atomic mass is 79.9. The fourth-order valence-electron chi connectivity index (χ4n) is 2.52. The minimum Gasteiger partial charge on any atom is -0.477 e. The van der Waals surface area contributed by atoms with E-state index in [2.05, 4.69) is 25.9 Å². The maximum absolute atomic E-state index is 11.5. The molecule has 0 amide bonds. The van der Waals surface area contributed by atoms with Crippen molar-refractivity contribution in [1.82, 2.24) is 4.98 Å². The molecule has 3 rings (SSSR count). The third kappa shape index (κ3) is 4.87. The maximum Gasteiger partial charge on any atom is 0.350 e. The van der Waals surface area contributed by atoms with Gasteiger partial charge in [0.2, 0.25) is 0 Å². The fraction of sp³-hybridized carbons (Fsp3) is 0.105. The largest absolute Gasteiger partial charge is 0.477 e. The number of aromatic nitrogens is 1. The zero-order valence-electron chi connectivity index (χ0n) is 14.4. The minimum atomic E-state index is -1.21. The van der Waals surface area contributed by atoms with Gasteiger partial charge in [-0.1, -0.05) is 46.3 Å². The molecule has 1 N–H and O–H groups in total. The smallest absolute Gasteiger partial charge is 0.350 e. The molecule has 2 aromatic carbocycles. The molecule has 0 aliphatic rings. The highest BCUT2D eigenvalue weighted by Crippen LogP contribution is 2.24. The lowest BCUT2D eigenvalue weighted by Crippen LogP contribution is -2.17. The zero-order chi connectivity index (χ0) is 20.1. The summed E-state index contributed by atoms with van der Waals surface area (Å²) in [5.74, 6) is -1.21. The van der Waals surface area contributed by atoms with E-state index in [1.807, 2.05) is 29.6 Å². The van der Waals surface area contributed by atoms with Crippen LogP contribution in [0.3, 0.4) is 0 Å². The number of rotatable bonds is 7. The van der Waals surface area contributed by atoms with Crippen LogP contribution in [0.25, 0.3) is 11.3 Å². The van der Waals surface area contributed by atoms with Crippen LogP contribution in [0.15, 0.2) is 63.4 Å². The quantitative estimate of drug-likeness (QED) is 0.311. The molecule has 9 heteroatoms. The van der Waals surface area contributed by atoms with E-state index < -0.39 is 10.9 Å². The second-order valence-electron chi connectivity index (χ2n) is 5.76. The van der Waals surface area contributed by atoms with Gasteiger partial charge in [-0.25, -0.2) is 9.78 Å². The van der Waals surface area contributed by atoms with Crippen molar-refractivity contribution in [3.05, 3.63) is 79.1 Å². The van der Waals surface area contributed by atoms with E-state index in [4.69, 9.17) is 0 Å². The minimum absolute atomic E-state index is 0.101. The number of hydrogen-bond acceptors (Lipinski definition) is 6. The van der Waals surface area contributed by atoms with Crippen molar-refractivity contribution < 1.29 is 14.8 Å². The summed E-state index contributed by atoms with van der Waals surface area (Å²) in [5.41, 5.74) is 1.78. The first-order chi connectivity index (χ1) is 13.4. The van der Waals surface area contributed by atoms with Crippen molar-refractivity contribution in [1.29, 1.82) is 0 Å². The average molecular weight is 460 g/mol. The van der Waals surface area contributed by atoms with E-state index in [0.717, 1.165) is 15.7 Å². The van der Waals surface area contributed by atoms with Crippen molar-refractivity contribution >= 4 is 44.6 Å². The van der Waals surface area contributed by atoms with Crippen LogP contribution in [-0.4, -0.2) is 26.7 Å². The van der Waals surface area contributed by atoms with E-state index in [-0.39, 0.29) is 24.4 Å². The van der Waals surface area contributed by atoms with Crippen molar-refractivity contribution in [3.63, 3.8) is 0 Å². The van der Waals surface area contributed by atoms with Crippen LogP contribution >= 0.6 is 27.3 Å². The first-order valence-electron chi connectivity index (χ1n) is 8.13. The number of aliphatic carboxylic acids is 1. The van der Waals surface area contributed by atoms with Gasteiger partial charge in [-0.2, -0.15) is 0 Å². The van der Waals surface area contributed by atoms with Crippen LogP contribution in [0.5, 0.6) is 0 Å². The summed E-state index contributed by atoms with van der Waals surface area (Å²) < 4.78 is 0.970. The second-order valence-corrected chi connectivity index (χ2v) is 7.62. The third-order valence-electron chi connectivity index (χ3n) is 3.89. The Labute approximate surface area is 172 Å². The van der Waals surface area contributed by atoms with Gasteiger partial charge in [-0.3, -0.25) is 15.1 Å². The Morgan fingerprint density at radius 2 is 1.93 bits per heavy atom. The molecule has 0 aliphatic heterocycles. The average Bonchev–Trinajstić information content (AvgIpc) is 3.14. The van der Waals surface area contributed by atoms with Gasteiger partial charge in [0.05, 0.1) is 17.2 Å². The van der Waals surface area contributed by atoms with Crippen LogP contribution in [0, 0.1) is 10.1 Å². The summed E-state index contributed by atoms with van der Waals surface area (Å²) in [6.07, 6.45) is -0.128. The molecular weight excluding hydrogens is 446 g/mol. The Morgan fingerprint density at radius 1 is 1.21 bits per heavy atom. The molecule has 7 nitrogen and oxygen atoms in total. The van der Waals surface area contributed by atoms with Crippen molar-refractivity contribution in [2.45, 2.75) is 13.0 Å². The number of aliphatic imine (C=N–C) groups is 1. The number of halogens is 1. The molecule has 0 saturated heterocycles. The van der Waals surface area contributed by atoms with Crippen LogP contribution < -0.4 is 0 Å². The number of nitro benzene ring substituents is 1. The lowest BCUT2D eigenvalue weighted by Gasteiger charge is -2.03. The predicted octanol–water partition coefficient (Wildman–Crippen LogP) is 4.75. The summed E-state index contributed by atoms with van der Waals surface area (Å²) >= 11 is 4.77. The zero-order valence-corrected chi connectivity index (χ0v) is 16.8. The number of thiazole rings is 1. The van der Waals surface area contributed by atoms with Crippen LogP contribution in [0.4, 0.5) is 5.69 Å². The summed E-state index contributed by atoms with van der Waals surface area (Å²) in [6, 6.07) is 13.8. The number of hydrogen-bond donors (Lipinski definition) is 1. The molecule has 1 aromatic heterocycles. The lowest BCUT2D eigenvalue weighted by atomic mass is 10.1. The molecule has 0 atom stereocenters. The Balaban J connectivity index is 1.78. The second kappa shape index (κ2) is 8.85. The molecule has 0 aliphatic carbocycles. The maximum atomic E-state index is 11.5. The standard InChI is InChI=1S/C19H14BrN3O4S/c20-14-7-5-12(6-8-14)16-11-28-18(22-16)10-21-15(19(24)25)9-13-3-1-2-4-17(13)23(26)27/h1-8,11H,9-10H2,(H,24,25). The summed E-state index contributed by atoms with van der Waals surface area (Å²) in [6.45, 7) is 0.101. The molecule has 3 aromatic rings. The molecule has 142 valence electrons. The molecule has 0 fully saturated rings. The number of carbonyl (C=O) groups is 1. The first-order valence-corrected chi connectivity index (χ1v) is 9.80. The van der Waals surface area contributed by atoms with Gasteiger partial charge < -0.3 is 5.11 Å². The van der Waals surface area contributed by atoms with Crippen molar-refractivity contribution in [2.24, 2.45) is 4.99 Å². The van der Waals surface area contributed by atoms with E-state index in [1.165, 1.54) is 23.5 Å². The molecule has 0 spiro atoms. The normalized spacial score (nSPS) is 11.4. The fourth-order valence-corrected chi connectivity index (χ4v) is 3.51.